The molecular formula is C11H17BrN2O3. The fraction of sp³-hybridized carbons (Fsp3) is 0.636. The van der Waals surface area contributed by atoms with Gasteiger partial charge in [-0.1, -0.05) is 21.1 Å². The maximum Gasteiger partial charge on any atom is 0.276 e. The van der Waals surface area contributed by atoms with Gasteiger partial charge in [0.25, 0.3) is 5.91 Å². The highest BCUT2D eigenvalue weighted by Crippen LogP contribution is 2.10. The number of halogens is 1. The van der Waals surface area contributed by atoms with Crippen molar-refractivity contribution in [2.45, 2.75) is 26.5 Å². The molecule has 5 nitrogen and oxygen atoms in total. The van der Waals surface area contributed by atoms with Gasteiger partial charge < -0.3 is 14.2 Å². The molecule has 0 aliphatic heterocycles. The molecule has 1 aromatic heterocycles. The van der Waals surface area contributed by atoms with Crippen molar-refractivity contribution in [2.24, 2.45) is 0 Å². The Balaban J connectivity index is 2.78. The van der Waals surface area contributed by atoms with Crippen LogP contribution in [0.4, 0.5) is 0 Å². The molecule has 0 aliphatic rings. The number of rotatable bonds is 6. The van der Waals surface area contributed by atoms with E-state index in [1.54, 1.807) is 18.1 Å². The number of aromatic nitrogens is 1. The molecule has 1 heterocycles. The van der Waals surface area contributed by atoms with Crippen LogP contribution in [-0.4, -0.2) is 41.0 Å². The minimum absolute atomic E-state index is 0.120. The zero-order valence-corrected chi connectivity index (χ0v) is 11.9. The molecule has 6 heteroatoms. The second kappa shape index (κ2) is 6.76. The number of hydrogen-bond acceptors (Lipinski definition) is 4. The van der Waals surface area contributed by atoms with E-state index in [1.807, 2.05) is 13.8 Å². The highest BCUT2D eigenvalue weighted by Gasteiger charge is 2.21. The summed E-state index contributed by atoms with van der Waals surface area (Å²) in [5.74, 6) is 0.434. The summed E-state index contributed by atoms with van der Waals surface area (Å²) in [6.45, 7) is 4.90. The monoisotopic (exact) mass is 304 g/mol. The van der Waals surface area contributed by atoms with E-state index < -0.39 is 0 Å². The van der Waals surface area contributed by atoms with E-state index in [-0.39, 0.29) is 11.9 Å². The van der Waals surface area contributed by atoms with Gasteiger partial charge in [-0.15, -0.1) is 0 Å². The molecule has 1 rings (SSSR count). The zero-order valence-electron chi connectivity index (χ0n) is 10.3. The van der Waals surface area contributed by atoms with Gasteiger partial charge in [0.2, 0.25) is 0 Å². The molecule has 96 valence electrons. The summed E-state index contributed by atoms with van der Waals surface area (Å²) in [6.07, 6.45) is 0. The highest BCUT2D eigenvalue weighted by atomic mass is 79.9. The third-order valence-electron chi connectivity index (χ3n) is 2.27. The summed E-state index contributed by atoms with van der Waals surface area (Å²) >= 11 is 3.33. The van der Waals surface area contributed by atoms with Crippen molar-refractivity contribution < 1.29 is 14.1 Å². The van der Waals surface area contributed by atoms with Gasteiger partial charge >= 0.3 is 0 Å². The maximum absolute atomic E-state index is 12.1. The van der Waals surface area contributed by atoms with E-state index in [1.165, 1.54) is 0 Å². The number of alkyl halides is 1. The van der Waals surface area contributed by atoms with Gasteiger partial charge in [0, 0.05) is 31.1 Å². The summed E-state index contributed by atoms with van der Waals surface area (Å²) in [5, 5.41) is 4.49. The van der Waals surface area contributed by atoms with Crippen LogP contribution < -0.4 is 0 Å². The highest BCUT2D eigenvalue weighted by molar-refractivity contribution is 9.09. The molecule has 0 bridgehead atoms. The average Bonchev–Trinajstić information content (AvgIpc) is 2.73. The Bertz CT molecular complexity index is 365. The lowest BCUT2D eigenvalue weighted by atomic mass is 10.2. The normalized spacial score (nSPS) is 10.9. The summed E-state index contributed by atoms with van der Waals surface area (Å²) in [5.41, 5.74) is 0.326. The molecule has 0 radical (unpaired) electrons. The van der Waals surface area contributed by atoms with Crippen molar-refractivity contribution in [3.05, 3.63) is 17.5 Å². The fourth-order valence-corrected chi connectivity index (χ4v) is 1.84. The number of methoxy groups -OCH3 is 1. The van der Waals surface area contributed by atoms with Crippen LogP contribution in [0, 0.1) is 0 Å². The zero-order chi connectivity index (χ0) is 12.8. The van der Waals surface area contributed by atoms with Gasteiger partial charge in [-0.2, -0.15) is 0 Å². The van der Waals surface area contributed by atoms with Gasteiger partial charge in [-0.3, -0.25) is 4.79 Å². The van der Waals surface area contributed by atoms with Crippen LogP contribution in [0.2, 0.25) is 0 Å². The first-order chi connectivity index (χ1) is 8.10. The van der Waals surface area contributed by atoms with Crippen molar-refractivity contribution in [1.82, 2.24) is 10.1 Å². The Labute approximate surface area is 109 Å². The molecule has 0 saturated carbocycles. The predicted molar refractivity (Wildman–Crippen MR) is 67.2 cm³/mol. The van der Waals surface area contributed by atoms with Crippen LogP contribution in [0.15, 0.2) is 10.6 Å². The third-order valence-corrected chi connectivity index (χ3v) is 2.63. The van der Waals surface area contributed by atoms with Crippen molar-refractivity contribution >= 4 is 21.8 Å². The average molecular weight is 305 g/mol. The van der Waals surface area contributed by atoms with E-state index in [4.69, 9.17) is 9.26 Å². The molecule has 0 unspecified atom stereocenters. The first-order valence-electron chi connectivity index (χ1n) is 5.41. The first-order valence-corrected chi connectivity index (χ1v) is 6.53. The lowest BCUT2D eigenvalue weighted by Gasteiger charge is -2.24. The van der Waals surface area contributed by atoms with Crippen LogP contribution in [0.5, 0.6) is 0 Å². The number of carbonyl (C=O) groups is 1. The molecular weight excluding hydrogens is 288 g/mol. The largest absolute Gasteiger partial charge is 0.377 e. The second-order valence-electron chi connectivity index (χ2n) is 3.89. The molecule has 0 atom stereocenters. The molecule has 0 aliphatic carbocycles. The lowest BCUT2D eigenvalue weighted by molar-refractivity contribution is 0.0708. The van der Waals surface area contributed by atoms with Crippen molar-refractivity contribution in [1.29, 1.82) is 0 Å². The molecule has 0 fully saturated rings. The van der Waals surface area contributed by atoms with E-state index in [9.17, 15) is 4.79 Å². The molecule has 0 N–H and O–H groups in total. The number of ether oxygens (including phenoxy) is 1. The van der Waals surface area contributed by atoms with Gasteiger partial charge in [0.05, 0.1) is 0 Å². The van der Waals surface area contributed by atoms with Gasteiger partial charge in [0.1, 0.15) is 6.61 Å². The quantitative estimate of drug-likeness (QED) is 0.755. The Morgan fingerprint density at radius 1 is 1.65 bits per heavy atom. The van der Waals surface area contributed by atoms with Crippen LogP contribution in [0.1, 0.15) is 30.1 Å². The Hall–Kier alpha value is -0.880. The summed E-state index contributed by atoms with van der Waals surface area (Å²) in [4.78, 5) is 13.9. The molecule has 1 aromatic rings. The summed E-state index contributed by atoms with van der Waals surface area (Å²) < 4.78 is 9.91. The minimum Gasteiger partial charge on any atom is -0.377 e. The van der Waals surface area contributed by atoms with E-state index in [2.05, 4.69) is 21.1 Å². The predicted octanol–water partition coefficient (Wildman–Crippen LogP) is 2.07. The van der Waals surface area contributed by atoms with E-state index in [0.717, 1.165) is 5.33 Å². The lowest BCUT2D eigenvalue weighted by Crippen LogP contribution is -2.38. The standard InChI is InChI=1S/C11H17BrN2O3/c1-8(2)14(5-4-12)11(15)10-6-9(7-16-3)17-13-10/h6,8H,4-5,7H2,1-3H3. The summed E-state index contributed by atoms with van der Waals surface area (Å²) in [6, 6.07) is 1.75. The molecule has 17 heavy (non-hydrogen) atoms. The summed E-state index contributed by atoms with van der Waals surface area (Å²) in [7, 11) is 1.56. The topological polar surface area (TPSA) is 55.6 Å². The molecule has 1 amide bonds. The minimum atomic E-state index is -0.120. The maximum atomic E-state index is 12.1. The van der Waals surface area contributed by atoms with E-state index >= 15 is 0 Å². The van der Waals surface area contributed by atoms with Crippen molar-refractivity contribution in [3.63, 3.8) is 0 Å². The number of nitrogens with zero attached hydrogens (tertiary/aromatic N) is 2. The molecule has 0 saturated heterocycles. The smallest absolute Gasteiger partial charge is 0.276 e. The Kier molecular flexibility index (Phi) is 5.64. The van der Waals surface area contributed by atoms with Gasteiger partial charge in [-0.25, -0.2) is 0 Å². The number of carbonyl (C=O) groups excluding carboxylic acids is 1. The van der Waals surface area contributed by atoms with Gasteiger partial charge in [0.15, 0.2) is 11.5 Å². The second-order valence-corrected chi connectivity index (χ2v) is 4.69. The fourth-order valence-electron chi connectivity index (χ4n) is 1.46. The SMILES string of the molecule is COCc1cc(C(=O)N(CCBr)C(C)C)no1. The number of hydrogen-bond donors (Lipinski definition) is 0. The van der Waals surface area contributed by atoms with Crippen LogP contribution in [-0.2, 0) is 11.3 Å². The Morgan fingerprint density at radius 2 is 2.35 bits per heavy atom. The van der Waals surface area contributed by atoms with Crippen LogP contribution in [0.25, 0.3) is 0 Å². The molecule has 0 aromatic carbocycles. The first kappa shape index (κ1) is 14.2. The number of amides is 1. The van der Waals surface area contributed by atoms with Crippen molar-refractivity contribution in [2.75, 3.05) is 19.0 Å². The third kappa shape index (κ3) is 3.81. The van der Waals surface area contributed by atoms with Crippen molar-refractivity contribution in [3.8, 4) is 0 Å². The van der Waals surface area contributed by atoms with Crippen LogP contribution in [0.3, 0.4) is 0 Å². The Morgan fingerprint density at radius 3 is 2.88 bits per heavy atom. The van der Waals surface area contributed by atoms with Crippen LogP contribution >= 0.6 is 15.9 Å². The van der Waals surface area contributed by atoms with E-state index in [0.29, 0.717) is 24.6 Å². The molecule has 0 spiro atoms. The van der Waals surface area contributed by atoms with Gasteiger partial charge in [-0.05, 0) is 13.8 Å².